The Morgan fingerprint density at radius 2 is 0.915 bits per heavy atom. The van der Waals surface area contributed by atoms with Crippen LogP contribution >= 0.6 is 0 Å². The van der Waals surface area contributed by atoms with Crippen molar-refractivity contribution in [2.45, 2.75) is 39.3 Å². The normalized spacial score (nSPS) is 12.7. The van der Waals surface area contributed by atoms with E-state index in [1.165, 1.54) is 62.8 Å². The number of ether oxygens (including phenoxy) is 2. The number of fused-ring (bicyclic) bond motifs is 2. The minimum atomic E-state index is -5.13. The quantitative estimate of drug-likeness (QED) is 0.0173. The summed E-state index contributed by atoms with van der Waals surface area (Å²) in [4.78, 5) is 19.6. The first-order chi connectivity index (χ1) is 38.6. The predicted molar refractivity (Wildman–Crippen MR) is 286 cm³/mol. The number of rotatable bonds is 22. The molecule has 0 saturated carbocycles. The van der Waals surface area contributed by atoms with E-state index in [0.717, 1.165) is 36.4 Å². The second-order valence-corrected chi connectivity index (χ2v) is 22.9. The lowest BCUT2D eigenvalue weighted by atomic mass is 10.1. The molecule has 0 aliphatic carbocycles. The number of methoxy groups -OCH3 is 2. The lowest BCUT2D eigenvalue weighted by Gasteiger charge is -2.14. The number of nitrogens with zero attached hydrogens (tertiary/aromatic N) is 10. The van der Waals surface area contributed by atoms with Crippen LogP contribution in [0.15, 0.2) is 125 Å². The number of phenols is 2. The van der Waals surface area contributed by atoms with Gasteiger partial charge in [-0.2, -0.15) is 72.4 Å². The van der Waals surface area contributed by atoms with Gasteiger partial charge in [-0.15, -0.1) is 20.5 Å². The second kappa shape index (κ2) is 23.6. The first-order valence-electron chi connectivity index (χ1n) is 23.1. The molecule has 0 radical (unpaired) electrons. The van der Waals surface area contributed by atoms with E-state index < -0.39 is 106 Å². The van der Waals surface area contributed by atoms with Crippen molar-refractivity contribution in [3.8, 4) is 23.0 Å². The minimum Gasteiger partial charge on any atom is -0.505 e. The summed E-state index contributed by atoms with van der Waals surface area (Å²) in [5.74, 6) is -2.57. The van der Waals surface area contributed by atoms with Crippen LogP contribution < -0.4 is 30.7 Å². The Morgan fingerprint density at radius 3 is 1.32 bits per heavy atom. The fraction of sp³-hybridized carbons (Fsp3) is 0.174. The van der Waals surface area contributed by atoms with Crippen LogP contribution in [0.5, 0.6) is 23.0 Å². The number of hydrogen-bond donors (Lipinski definition) is 10. The SMILES string of the molecule is COc1ccc(N=Nc2c(S(=O)(=O)O)cc3cc(Nc4nc(F)nc(NCCCC(C)CNc5nc(F)nc(Nc6ccc7c(O)c(N=Nc8ccc(OC)cc8S(=O)(=O)O)c(S(=O)(=O)O)cc7c6)n5)n4)ccc3c2O)c(S(=O)(=O)O)c1. The van der Waals surface area contributed by atoms with E-state index in [1.54, 1.807) is 0 Å². The van der Waals surface area contributed by atoms with Crippen LogP contribution in [0.3, 0.4) is 0 Å². The van der Waals surface area contributed by atoms with Crippen LogP contribution in [-0.4, -0.2) is 119 Å². The Bertz CT molecular complexity index is 4380. The average molecular weight is 1210 g/mol. The monoisotopic (exact) mass is 1210 g/mol. The van der Waals surface area contributed by atoms with Gasteiger partial charge < -0.3 is 41.0 Å². The van der Waals surface area contributed by atoms with Crippen molar-refractivity contribution in [3.05, 3.63) is 97.1 Å². The summed E-state index contributed by atoms with van der Waals surface area (Å²) in [5.41, 5.74) is -2.19. The molecule has 0 saturated heterocycles. The summed E-state index contributed by atoms with van der Waals surface area (Å²) in [7, 11) is -17.6. The zero-order chi connectivity index (χ0) is 59.5. The number of aromatic nitrogens is 6. The third kappa shape index (κ3) is 14.1. The Kier molecular flexibility index (Phi) is 17.0. The van der Waals surface area contributed by atoms with Crippen molar-refractivity contribution >= 4 is 120 Å². The molecule has 2 heterocycles. The predicted octanol–water partition coefficient (Wildman–Crippen LogP) is 8.31. The molecule has 0 aliphatic rings. The van der Waals surface area contributed by atoms with Gasteiger partial charge in [0.25, 0.3) is 40.5 Å². The molecule has 0 amide bonds. The van der Waals surface area contributed by atoms with Gasteiger partial charge in [-0.3, -0.25) is 18.2 Å². The summed E-state index contributed by atoms with van der Waals surface area (Å²) in [6.07, 6.45) is -1.35. The molecule has 430 valence electrons. The van der Waals surface area contributed by atoms with Gasteiger partial charge in [0.2, 0.25) is 23.8 Å². The lowest BCUT2D eigenvalue weighted by molar-refractivity contribution is 0.412. The van der Waals surface area contributed by atoms with E-state index >= 15 is 0 Å². The Hall–Kier alpha value is -9.04. The van der Waals surface area contributed by atoms with E-state index in [9.17, 15) is 70.9 Å². The van der Waals surface area contributed by atoms with Gasteiger partial charge in [0.1, 0.15) is 53.8 Å². The van der Waals surface area contributed by atoms with Crippen LogP contribution in [0, 0.1) is 18.1 Å². The average Bonchev–Trinajstić information content (AvgIpc) is 3.61. The largest absolute Gasteiger partial charge is 0.505 e. The van der Waals surface area contributed by atoms with Gasteiger partial charge in [-0.05, 0) is 102 Å². The molecule has 8 rings (SSSR count). The molecule has 30 nitrogen and oxygen atoms in total. The van der Waals surface area contributed by atoms with Crippen LogP contribution in [0.1, 0.15) is 19.8 Å². The van der Waals surface area contributed by atoms with E-state index in [4.69, 9.17) is 9.47 Å². The fourth-order valence-corrected chi connectivity index (χ4v) is 10.3. The van der Waals surface area contributed by atoms with Gasteiger partial charge in [0.15, 0.2) is 11.5 Å². The van der Waals surface area contributed by atoms with E-state index in [-0.39, 0.29) is 87.2 Å². The molecule has 2 aromatic heterocycles. The molecule has 0 spiro atoms. The lowest BCUT2D eigenvalue weighted by Crippen LogP contribution is -2.16. The van der Waals surface area contributed by atoms with E-state index in [2.05, 4.69) is 71.6 Å². The minimum absolute atomic E-state index is 0.00578. The van der Waals surface area contributed by atoms with E-state index in [1.807, 2.05) is 6.92 Å². The molecular formula is C46H42F2N14O16S4. The molecule has 1 unspecified atom stereocenters. The molecule has 1 atom stereocenters. The highest BCUT2D eigenvalue weighted by atomic mass is 32.2. The molecule has 8 aromatic rings. The highest BCUT2D eigenvalue weighted by molar-refractivity contribution is 7.86. The Balaban J connectivity index is 0.886. The van der Waals surface area contributed by atoms with Crippen LogP contribution in [0.2, 0.25) is 0 Å². The second-order valence-electron chi connectivity index (χ2n) is 17.3. The summed E-state index contributed by atoms with van der Waals surface area (Å²) < 4.78 is 177. The van der Waals surface area contributed by atoms with Gasteiger partial charge in [-0.1, -0.05) is 6.92 Å². The Morgan fingerprint density at radius 1 is 0.512 bits per heavy atom. The third-order valence-corrected chi connectivity index (χ3v) is 15.1. The van der Waals surface area contributed by atoms with Crippen molar-refractivity contribution in [1.29, 1.82) is 0 Å². The first kappa shape index (κ1) is 59.1. The van der Waals surface area contributed by atoms with Gasteiger partial charge >= 0.3 is 12.2 Å². The van der Waals surface area contributed by atoms with Gasteiger partial charge in [-0.25, -0.2) is 0 Å². The number of hydrogen-bond acceptors (Lipinski definition) is 26. The van der Waals surface area contributed by atoms with Crippen LogP contribution in [0.25, 0.3) is 21.5 Å². The van der Waals surface area contributed by atoms with Crippen LogP contribution in [0.4, 0.5) is 66.7 Å². The van der Waals surface area contributed by atoms with E-state index in [0.29, 0.717) is 12.8 Å². The zero-order valence-electron chi connectivity index (χ0n) is 42.1. The van der Waals surface area contributed by atoms with Gasteiger partial charge in [0.05, 0.1) is 14.2 Å². The number of aromatic hydroxyl groups is 2. The number of phenolic OH excluding ortho intramolecular Hbond substituents is 2. The smallest absolute Gasteiger partial charge is 0.315 e. The van der Waals surface area contributed by atoms with Crippen molar-refractivity contribution in [3.63, 3.8) is 0 Å². The summed E-state index contributed by atoms with van der Waals surface area (Å²) in [6.45, 7) is 2.32. The summed E-state index contributed by atoms with van der Waals surface area (Å²) in [6, 6.07) is 16.4. The number of halogens is 2. The van der Waals surface area contributed by atoms with Crippen molar-refractivity contribution in [2.24, 2.45) is 26.4 Å². The van der Waals surface area contributed by atoms with Crippen molar-refractivity contribution in [2.75, 3.05) is 48.6 Å². The number of anilines is 6. The van der Waals surface area contributed by atoms with Crippen LogP contribution in [-0.2, 0) is 40.5 Å². The number of benzene rings is 6. The molecule has 0 fully saturated rings. The Labute approximate surface area is 462 Å². The number of nitrogens with one attached hydrogen (secondary N) is 4. The maximum absolute atomic E-state index is 14.7. The van der Waals surface area contributed by atoms with Gasteiger partial charge in [0, 0.05) is 47.4 Å². The summed E-state index contributed by atoms with van der Waals surface area (Å²) >= 11 is 0. The first-order valence-corrected chi connectivity index (χ1v) is 28.9. The topological polar surface area (TPSA) is 451 Å². The molecule has 10 N–H and O–H groups in total. The fourth-order valence-electron chi connectivity index (χ4n) is 7.72. The van der Waals surface area contributed by atoms with Crippen molar-refractivity contribution in [1.82, 2.24) is 29.9 Å². The molecule has 0 aliphatic heterocycles. The maximum atomic E-state index is 14.7. The summed E-state index contributed by atoms with van der Waals surface area (Å²) in [5, 5.41) is 48.4. The molecule has 82 heavy (non-hydrogen) atoms. The maximum Gasteiger partial charge on any atom is 0.315 e. The molecule has 36 heteroatoms. The highest BCUT2D eigenvalue weighted by Gasteiger charge is 2.26. The van der Waals surface area contributed by atoms with Crippen molar-refractivity contribution < 1.29 is 80.3 Å². The third-order valence-electron chi connectivity index (χ3n) is 11.6. The molecular weight excluding hydrogens is 1170 g/mol. The zero-order valence-corrected chi connectivity index (χ0v) is 45.4. The highest BCUT2D eigenvalue weighted by Crippen LogP contribution is 2.45. The molecule has 0 bridgehead atoms. The standard InChI is InChI=1S/C46H42F2N14O16S4/c1-22(21-50-44-54-42(48)56-46(58-44)52-26-7-11-30-24(16-26)18-36(82(74,75)76)38(40(30)64)62-60-32-13-9-28(78-3)20-34(32)80(68,69)70)5-4-14-49-43-53-41(47)55-45(57-43)51-25-6-10-29-23(15-25)17-35(81(71,72)73)37(39(29)63)61-59-31-12-8-27(77-2)19-33(31)79(65,66)67/h6-13,15-20,22,63-64H,4-5,14,21H2,1-3H3,(H,65,66,67)(H,68,69,70)(H,71,72,73)(H,74,75,76)(H2,49,51,53,55,57)(H2,50,52,54,56,58). The molecule has 6 aromatic carbocycles. The number of azo groups is 2.